The Hall–Kier alpha value is -3.42. The molecule has 262 valence electrons. The lowest BCUT2D eigenvalue weighted by Crippen LogP contribution is -2.70. The molecule has 3 N–H and O–H groups in total. The minimum Gasteiger partial charge on any atom is -0.431 e. The van der Waals surface area contributed by atoms with Crippen molar-refractivity contribution in [3.05, 3.63) is 22.3 Å². The second-order valence-electron chi connectivity index (χ2n) is 11.9. The van der Waals surface area contributed by atoms with Gasteiger partial charge in [-0.15, -0.1) is 28.2 Å². The Kier molecular flexibility index (Phi) is 12.6. The molecule has 0 radical (unpaired) electrons. The van der Waals surface area contributed by atoms with Crippen LogP contribution < -0.4 is 11.1 Å². The van der Waals surface area contributed by atoms with Crippen LogP contribution in [0.1, 0.15) is 57.6 Å². The highest BCUT2D eigenvalue weighted by atomic mass is 32.2. The van der Waals surface area contributed by atoms with Crippen LogP contribution in [-0.2, 0) is 41.6 Å². The minimum atomic E-state index is -1.20. The number of β-lactam (4-membered cyclic amide) rings is 1. The smallest absolute Gasteiger partial charge is 0.431 e. The summed E-state index contributed by atoms with van der Waals surface area (Å²) in [5.41, 5.74) is 6.88. The van der Waals surface area contributed by atoms with Gasteiger partial charge in [-0.25, -0.2) is 19.3 Å². The third-order valence-electron chi connectivity index (χ3n) is 7.91. The van der Waals surface area contributed by atoms with Crippen molar-refractivity contribution in [1.29, 1.82) is 0 Å². The van der Waals surface area contributed by atoms with E-state index in [-0.39, 0.29) is 30.5 Å². The van der Waals surface area contributed by atoms with E-state index in [4.69, 9.17) is 19.9 Å². The number of carbonyl (C=O) groups is 4. The van der Waals surface area contributed by atoms with Crippen molar-refractivity contribution in [1.82, 2.24) is 40.3 Å². The molecule has 3 atom stereocenters. The van der Waals surface area contributed by atoms with Crippen LogP contribution in [0.15, 0.2) is 21.8 Å². The average molecular weight is 724 g/mol. The average Bonchev–Trinajstić information content (AvgIpc) is 3.69. The zero-order chi connectivity index (χ0) is 34.2. The summed E-state index contributed by atoms with van der Waals surface area (Å²) in [5.74, 6) is -0.966. The Labute approximate surface area is 290 Å². The van der Waals surface area contributed by atoms with E-state index in [1.807, 2.05) is 25.9 Å². The van der Waals surface area contributed by atoms with Crippen LogP contribution in [0.3, 0.4) is 0 Å². The Bertz CT molecular complexity index is 1490. The number of rotatable bonds is 15. The zero-order valence-electron chi connectivity index (χ0n) is 27.2. The third-order valence-corrected chi connectivity index (χ3v) is 11.0. The number of hydrogen-bond donors (Lipinski definition) is 2. The SMILES string of the molecule is CCCC(OC(=O)OC1CCCCC1)OC(=O)C1=C(CSc2nnnn2CCN(C)C)CS[C@@H]2[C@H](NC(=O)Cc3csc(N)n3)C(=O)N12. The van der Waals surface area contributed by atoms with Crippen LogP contribution in [0.5, 0.6) is 0 Å². The van der Waals surface area contributed by atoms with Crippen molar-refractivity contribution < 1.29 is 33.4 Å². The maximum atomic E-state index is 13.9. The largest absolute Gasteiger partial charge is 0.511 e. The summed E-state index contributed by atoms with van der Waals surface area (Å²) in [6.45, 7) is 3.17. The molecule has 2 fully saturated rings. The number of ether oxygens (including phenoxy) is 3. The molecule has 1 saturated heterocycles. The quantitative estimate of drug-likeness (QED) is 0.118. The second kappa shape index (κ2) is 16.8. The summed E-state index contributed by atoms with van der Waals surface area (Å²) in [6.07, 6.45) is 3.06. The van der Waals surface area contributed by atoms with Gasteiger partial charge < -0.3 is 30.2 Å². The molecule has 0 spiro atoms. The van der Waals surface area contributed by atoms with Gasteiger partial charge in [-0.1, -0.05) is 25.1 Å². The molecule has 1 aliphatic carbocycles. The number of nitrogen functional groups attached to an aromatic ring is 1. The maximum absolute atomic E-state index is 13.9. The van der Waals surface area contributed by atoms with E-state index in [1.165, 1.54) is 39.8 Å². The van der Waals surface area contributed by atoms with Crippen LogP contribution in [0.2, 0.25) is 0 Å². The highest BCUT2D eigenvalue weighted by molar-refractivity contribution is 8.01. The third kappa shape index (κ3) is 9.17. The second-order valence-corrected chi connectivity index (χ2v) is 14.8. The van der Waals surface area contributed by atoms with E-state index in [9.17, 15) is 19.2 Å². The van der Waals surface area contributed by atoms with Gasteiger partial charge in [-0.3, -0.25) is 14.5 Å². The van der Waals surface area contributed by atoms with Crippen molar-refractivity contribution in [3.8, 4) is 0 Å². The van der Waals surface area contributed by atoms with Crippen molar-refractivity contribution in [3.63, 3.8) is 0 Å². The molecule has 16 nitrogen and oxygen atoms in total. The zero-order valence-corrected chi connectivity index (χ0v) is 29.6. The Balaban J connectivity index is 1.31. The van der Waals surface area contributed by atoms with Gasteiger partial charge >= 0.3 is 12.1 Å². The number of amides is 2. The van der Waals surface area contributed by atoms with E-state index in [1.54, 1.807) is 10.1 Å². The molecule has 2 aromatic heterocycles. The molecule has 4 heterocycles. The van der Waals surface area contributed by atoms with E-state index in [0.717, 1.165) is 38.6 Å². The molecular formula is C29H41N9O7S3. The monoisotopic (exact) mass is 723 g/mol. The van der Waals surface area contributed by atoms with Crippen LogP contribution in [-0.4, -0.2) is 115 Å². The first-order valence-electron chi connectivity index (χ1n) is 15.9. The number of tetrazole rings is 1. The molecule has 2 aliphatic heterocycles. The van der Waals surface area contributed by atoms with Gasteiger partial charge in [0.1, 0.15) is 23.2 Å². The number of carbonyl (C=O) groups excluding carboxylic acids is 4. The van der Waals surface area contributed by atoms with Crippen molar-refractivity contribution >= 4 is 63.9 Å². The Morgan fingerprint density at radius 1 is 1.21 bits per heavy atom. The highest BCUT2D eigenvalue weighted by Gasteiger charge is 2.54. The number of fused-ring (bicyclic) bond motifs is 1. The number of likely N-dealkylation sites (N-methyl/N-ethyl adjacent to an activating group) is 1. The van der Waals surface area contributed by atoms with E-state index >= 15 is 0 Å². The van der Waals surface area contributed by atoms with Gasteiger partial charge in [0.25, 0.3) is 12.2 Å². The maximum Gasteiger partial charge on any atom is 0.511 e. The standard InChI is InChI=1S/C29H41N9O7S3/c1-4-8-21(45-29(42)43-19-9-6-5-7-10-19)44-26(41)23-17(15-48-28-33-34-35-37(28)12-11-36(2)3)14-46-25-22(24(40)38(23)25)32-20(39)13-18-16-47-27(30)31-18/h16,19,21-22,25H,4-15H2,1-3H3,(H2,30,31)(H,32,39)/t21?,22-,25-/m1/s1. The summed E-state index contributed by atoms with van der Waals surface area (Å²) >= 11 is 3.99. The normalized spacial score (nSPS) is 20.2. The minimum absolute atomic E-state index is 0.0307. The predicted molar refractivity (Wildman–Crippen MR) is 179 cm³/mol. The molecule has 2 aromatic rings. The van der Waals surface area contributed by atoms with Gasteiger partial charge in [0, 0.05) is 29.9 Å². The first-order valence-corrected chi connectivity index (χ1v) is 18.8. The number of nitrogens with two attached hydrogens (primary N) is 1. The molecule has 1 unspecified atom stereocenters. The molecule has 0 bridgehead atoms. The first-order chi connectivity index (χ1) is 23.1. The molecule has 48 heavy (non-hydrogen) atoms. The summed E-state index contributed by atoms with van der Waals surface area (Å²) in [6, 6.07) is -0.845. The van der Waals surface area contributed by atoms with Crippen LogP contribution in [0, 0.1) is 0 Å². The molecule has 2 amide bonds. The summed E-state index contributed by atoms with van der Waals surface area (Å²) in [5, 5.41) is 16.9. The number of esters is 1. The van der Waals surface area contributed by atoms with Crippen molar-refractivity contribution in [2.45, 2.75) is 93.8 Å². The topological polar surface area (TPSA) is 197 Å². The van der Waals surface area contributed by atoms with Gasteiger partial charge in [0.15, 0.2) is 5.13 Å². The molecule has 3 aliphatic rings. The number of nitrogens with zero attached hydrogens (tertiary/aromatic N) is 7. The lowest BCUT2D eigenvalue weighted by atomic mass is 9.98. The van der Waals surface area contributed by atoms with Crippen molar-refractivity contribution in [2.24, 2.45) is 0 Å². The van der Waals surface area contributed by atoms with Crippen molar-refractivity contribution in [2.75, 3.05) is 37.9 Å². The number of hydrogen-bond acceptors (Lipinski definition) is 16. The van der Waals surface area contributed by atoms with Gasteiger partial charge in [-0.2, -0.15) is 0 Å². The van der Waals surface area contributed by atoms with E-state index in [0.29, 0.717) is 46.0 Å². The van der Waals surface area contributed by atoms with Crippen LogP contribution in [0.25, 0.3) is 0 Å². The molecule has 19 heteroatoms. The number of thiazole rings is 1. The lowest BCUT2D eigenvalue weighted by molar-refractivity contribution is -0.174. The summed E-state index contributed by atoms with van der Waals surface area (Å²) in [4.78, 5) is 60.4. The Morgan fingerprint density at radius 2 is 2.00 bits per heavy atom. The molecule has 1 saturated carbocycles. The molecule has 5 rings (SSSR count). The fourth-order valence-corrected chi connectivity index (χ4v) is 8.42. The molecular weight excluding hydrogens is 683 g/mol. The fourth-order valence-electron chi connectivity index (χ4n) is 5.47. The first kappa shape index (κ1) is 35.9. The van der Waals surface area contributed by atoms with E-state index in [2.05, 4.69) is 25.8 Å². The highest BCUT2D eigenvalue weighted by Crippen LogP contribution is 2.42. The van der Waals surface area contributed by atoms with Crippen LogP contribution in [0.4, 0.5) is 9.93 Å². The Morgan fingerprint density at radius 3 is 2.71 bits per heavy atom. The van der Waals surface area contributed by atoms with Gasteiger partial charge in [-0.05, 0) is 62.2 Å². The summed E-state index contributed by atoms with van der Waals surface area (Å²) in [7, 11) is 3.91. The number of anilines is 1. The van der Waals surface area contributed by atoms with Gasteiger partial charge in [0.05, 0.1) is 18.7 Å². The van der Waals surface area contributed by atoms with Gasteiger partial charge in [0.2, 0.25) is 11.1 Å². The van der Waals surface area contributed by atoms with E-state index < -0.39 is 35.7 Å². The fraction of sp³-hybridized carbons (Fsp3) is 0.655. The molecule has 0 aromatic carbocycles. The number of aromatic nitrogens is 5. The van der Waals surface area contributed by atoms with Crippen LogP contribution >= 0.6 is 34.9 Å². The lowest BCUT2D eigenvalue weighted by Gasteiger charge is -2.49. The summed E-state index contributed by atoms with van der Waals surface area (Å²) < 4.78 is 18.4. The number of nitrogens with one attached hydrogen (secondary N) is 1. The predicted octanol–water partition coefficient (Wildman–Crippen LogP) is 2.42. The number of thioether (sulfide) groups is 2.